The molecule has 0 fully saturated rings. The van der Waals surface area contributed by atoms with Gasteiger partial charge in [-0.15, -0.1) is 0 Å². The number of ether oxygens (including phenoxy) is 1. The molecule has 1 N–H and O–H groups in total. The van der Waals surface area contributed by atoms with Crippen LogP contribution in [0.15, 0.2) is 72.8 Å². The average Bonchev–Trinajstić information content (AvgIpc) is 3.20. The molecule has 0 bridgehead atoms. The molecule has 1 aliphatic heterocycles. The lowest BCUT2D eigenvalue weighted by molar-refractivity contribution is 0.102. The van der Waals surface area contributed by atoms with E-state index in [0.717, 1.165) is 60.9 Å². The van der Waals surface area contributed by atoms with Crippen LogP contribution in [0.4, 0.5) is 5.69 Å². The second-order valence-corrected chi connectivity index (χ2v) is 8.08. The van der Waals surface area contributed by atoms with Crippen LogP contribution >= 0.6 is 0 Å². The molecule has 0 saturated heterocycles. The third kappa shape index (κ3) is 4.22. The summed E-state index contributed by atoms with van der Waals surface area (Å²) < 4.78 is 7.45. The minimum Gasteiger partial charge on any atom is -0.497 e. The van der Waals surface area contributed by atoms with E-state index in [1.54, 1.807) is 31.4 Å². The van der Waals surface area contributed by atoms with E-state index in [1.807, 2.05) is 12.1 Å². The highest BCUT2D eigenvalue weighted by Crippen LogP contribution is 2.24. The lowest BCUT2D eigenvalue weighted by Gasteiger charge is -2.27. The molecule has 6 heteroatoms. The first-order valence-electron chi connectivity index (χ1n) is 10.9. The van der Waals surface area contributed by atoms with Crippen molar-refractivity contribution in [2.75, 3.05) is 25.5 Å². The maximum atomic E-state index is 12.6. The van der Waals surface area contributed by atoms with Crippen LogP contribution in [0.25, 0.3) is 11.0 Å². The summed E-state index contributed by atoms with van der Waals surface area (Å²) in [6.07, 6.45) is 1.04. The zero-order valence-corrected chi connectivity index (χ0v) is 18.1. The highest BCUT2D eigenvalue weighted by molar-refractivity contribution is 6.05. The Morgan fingerprint density at radius 1 is 1.03 bits per heavy atom. The highest BCUT2D eigenvalue weighted by Gasteiger charge is 2.20. The molecular formula is C26H26N4O2. The van der Waals surface area contributed by atoms with Gasteiger partial charge < -0.3 is 14.6 Å². The Morgan fingerprint density at radius 3 is 2.62 bits per heavy atom. The molecule has 0 atom stereocenters. The number of benzene rings is 3. The van der Waals surface area contributed by atoms with Gasteiger partial charge in [-0.3, -0.25) is 9.69 Å². The van der Waals surface area contributed by atoms with E-state index in [9.17, 15) is 4.79 Å². The van der Waals surface area contributed by atoms with Gasteiger partial charge in [0.1, 0.15) is 11.6 Å². The second-order valence-electron chi connectivity index (χ2n) is 8.08. The number of hydrogen-bond acceptors (Lipinski definition) is 4. The summed E-state index contributed by atoms with van der Waals surface area (Å²) in [4.78, 5) is 19.9. The normalized spacial score (nSPS) is 13.7. The van der Waals surface area contributed by atoms with Gasteiger partial charge in [-0.2, -0.15) is 0 Å². The summed E-state index contributed by atoms with van der Waals surface area (Å²) in [6.45, 7) is 3.81. The van der Waals surface area contributed by atoms with E-state index >= 15 is 0 Å². The quantitative estimate of drug-likeness (QED) is 0.498. The van der Waals surface area contributed by atoms with Crippen molar-refractivity contribution < 1.29 is 9.53 Å². The molecule has 3 aromatic carbocycles. The maximum Gasteiger partial charge on any atom is 0.255 e. The fourth-order valence-electron chi connectivity index (χ4n) is 4.22. The van der Waals surface area contributed by atoms with Gasteiger partial charge in [-0.25, -0.2) is 4.98 Å². The lowest BCUT2D eigenvalue weighted by Crippen LogP contribution is -2.35. The molecule has 2 heterocycles. The second kappa shape index (κ2) is 8.85. The molecule has 32 heavy (non-hydrogen) atoms. The van der Waals surface area contributed by atoms with E-state index in [-0.39, 0.29) is 5.91 Å². The number of nitrogens with zero attached hydrogens (tertiary/aromatic N) is 3. The highest BCUT2D eigenvalue weighted by atomic mass is 16.5. The molecule has 1 aliphatic rings. The van der Waals surface area contributed by atoms with E-state index in [4.69, 9.17) is 9.72 Å². The van der Waals surface area contributed by atoms with Gasteiger partial charge >= 0.3 is 0 Å². The molecule has 0 radical (unpaired) electrons. The summed E-state index contributed by atoms with van der Waals surface area (Å²) in [5.41, 5.74) is 4.73. The van der Waals surface area contributed by atoms with Crippen molar-refractivity contribution in [1.82, 2.24) is 14.5 Å². The SMILES string of the molecule is COc1ccc(C(=O)Nc2ccc3c(c2)nc2n3CCN(CCc3ccccc3)C2)cc1. The van der Waals surface area contributed by atoms with Crippen molar-refractivity contribution >= 4 is 22.6 Å². The Bertz CT molecular complexity index is 1230. The molecule has 4 aromatic rings. The molecule has 5 rings (SSSR count). The summed E-state index contributed by atoms with van der Waals surface area (Å²) >= 11 is 0. The smallest absolute Gasteiger partial charge is 0.255 e. The third-order valence-electron chi connectivity index (χ3n) is 6.00. The van der Waals surface area contributed by atoms with Crippen molar-refractivity contribution in [2.24, 2.45) is 0 Å². The molecule has 1 amide bonds. The summed E-state index contributed by atoms with van der Waals surface area (Å²) in [7, 11) is 1.61. The standard InChI is InChI=1S/C26H26N4O2/c1-32-22-10-7-20(8-11-22)26(31)27-21-9-12-24-23(17-21)28-25-18-29(15-16-30(24)25)14-13-19-5-3-2-4-6-19/h2-12,17H,13-16,18H2,1H3,(H,27,31). The third-order valence-corrected chi connectivity index (χ3v) is 6.00. The number of imidazole rings is 1. The van der Waals surface area contributed by atoms with Crippen LogP contribution in [0, 0.1) is 0 Å². The van der Waals surface area contributed by atoms with Crippen molar-refractivity contribution in [3.05, 3.63) is 89.7 Å². The van der Waals surface area contributed by atoms with Crippen LogP contribution < -0.4 is 10.1 Å². The summed E-state index contributed by atoms with van der Waals surface area (Å²) in [5.74, 6) is 1.66. The lowest BCUT2D eigenvalue weighted by atomic mass is 10.1. The van der Waals surface area contributed by atoms with Gasteiger partial charge in [0.15, 0.2) is 0 Å². The van der Waals surface area contributed by atoms with Gasteiger partial charge in [0.2, 0.25) is 0 Å². The van der Waals surface area contributed by atoms with Crippen LogP contribution in [0.2, 0.25) is 0 Å². The summed E-state index contributed by atoms with van der Waals surface area (Å²) in [6, 6.07) is 23.6. The van der Waals surface area contributed by atoms with E-state index in [1.165, 1.54) is 5.56 Å². The predicted octanol–water partition coefficient (Wildman–Crippen LogP) is 4.36. The number of aromatic nitrogens is 2. The molecule has 0 spiro atoms. The van der Waals surface area contributed by atoms with Gasteiger partial charge in [0.05, 0.1) is 24.7 Å². The number of carbonyl (C=O) groups is 1. The molecule has 0 unspecified atom stereocenters. The number of rotatable bonds is 6. The van der Waals surface area contributed by atoms with Gasteiger partial charge in [-0.05, 0) is 54.4 Å². The van der Waals surface area contributed by atoms with Crippen LogP contribution in [0.3, 0.4) is 0 Å². The molecule has 0 aliphatic carbocycles. The van der Waals surface area contributed by atoms with Gasteiger partial charge in [0.25, 0.3) is 5.91 Å². The first-order valence-corrected chi connectivity index (χ1v) is 10.9. The number of methoxy groups -OCH3 is 1. The Hall–Kier alpha value is -3.64. The van der Waals surface area contributed by atoms with Crippen molar-refractivity contribution in [3.8, 4) is 5.75 Å². The van der Waals surface area contributed by atoms with Gasteiger partial charge in [0, 0.05) is 30.9 Å². The monoisotopic (exact) mass is 426 g/mol. The Balaban J connectivity index is 1.28. The topological polar surface area (TPSA) is 59.4 Å². The number of anilines is 1. The minimum atomic E-state index is -0.150. The van der Waals surface area contributed by atoms with Crippen LogP contribution in [0.5, 0.6) is 5.75 Å². The van der Waals surface area contributed by atoms with Crippen molar-refractivity contribution in [1.29, 1.82) is 0 Å². The number of amides is 1. The van der Waals surface area contributed by atoms with E-state index in [2.05, 4.69) is 51.2 Å². The molecule has 1 aromatic heterocycles. The Morgan fingerprint density at radius 2 is 1.84 bits per heavy atom. The summed E-state index contributed by atoms with van der Waals surface area (Å²) in [5, 5.41) is 2.98. The van der Waals surface area contributed by atoms with Crippen LogP contribution in [-0.4, -0.2) is 40.6 Å². The van der Waals surface area contributed by atoms with Crippen molar-refractivity contribution in [3.63, 3.8) is 0 Å². The fraction of sp³-hybridized carbons (Fsp3) is 0.231. The Labute approximate surface area is 187 Å². The number of carbonyl (C=O) groups excluding carboxylic acids is 1. The maximum absolute atomic E-state index is 12.6. The molecule has 0 saturated carbocycles. The first kappa shape index (κ1) is 20.3. The first-order chi connectivity index (χ1) is 15.7. The molecular weight excluding hydrogens is 400 g/mol. The zero-order chi connectivity index (χ0) is 21.9. The fourth-order valence-corrected chi connectivity index (χ4v) is 4.22. The average molecular weight is 427 g/mol. The number of fused-ring (bicyclic) bond motifs is 3. The number of nitrogens with one attached hydrogen (secondary N) is 1. The Kier molecular flexibility index (Phi) is 5.60. The molecule has 6 nitrogen and oxygen atoms in total. The van der Waals surface area contributed by atoms with Gasteiger partial charge in [-0.1, -0.05) is 30.3 Å². The van der Waals surface area contributed by atoms with E-state index in [0.29, 0.717) is 5.56 Å². The molecule has 162 valence electrons. The van der Waals surface area contributed by atoms with Crippen LogP contribution in [0.1, 0.15) is 21.7 Å². The minimum absolute atomic E-state index is 0.150. The number of hydrogen-bond donors (Lipinski definition) is 1. The predicted molar refractivity (Wildman–Crippen MR) is 126 cm³/mol. The zero-order valence-electron chi connectivity index (χ0n) is 18.1. The van der Waals surface area contributed by atoms with Crippen molar-refractivity contribution in [2.45, 2.75) is 19.5 Å². The largest absolute Gasteiger partial charge is 0.497 e. The van der Waals surface area contributed by atoms with Crippen LogP contribution in [-0.2, 0) is 19.5 Å². The van der Waals surface area contributed by atoms with E-state index < -0.39 is 0 Å².